The Morgan fingerprint density at radius 1 is 1.24 bits per heavy atom. The van der Waals surface area contributed by atoms with E-state index in [9.17, 15) is 13.2 Å². The first-order valence-electron chi connectivity index (χ1n) is 7.49. The predicted octanol–water partition coefficient (Wildman–Crippen LogP) is 3.15. The Balaban J connectivity index is 1.80. The van der Waals surface area contributed by atoms with E-state index >= 15 is 0 Å². The van der Waals surface area contributed by atoms with Crippen molar-refractivity contribution in [2.24, 2.45) is 5.92 Å². The quantitative estimate of drug-likeness (QED) is 0.922. The number of alkyl halides is 3. The topological polar surface area (TPSA) is 15.3 Å². The first kappa shape index (κ1) is 14.9. The molecule has 2 nitrogen and oxygen atoms in total. The molecule has 1 heterocycles. The summed E-state index contributed by atoms with van der Waals surface area (Å²) in [4.78, 5) is 1.64. The molecule has 1 aliphatic carbocycles. The van der Waals surface area contributed by atoms with Gasteiger partial charge in [-0.15, -0.1) is 0 Å². The fourth-order valence-corrected chi connectivity index (χ4v) is 3.39. The molecule has 21 heavy (non-hydrogen) atoms. The number of benzene rings is 1. The molecule has 1 N–H and O–H groups in total. The normalized spacial score (nSPS) is 31.3. The van der Waals surface area contributed by atoms with Crippen LogP contribution in [-0.4, -0.2) is 36.8 Å². The lowest BCUT2D eigenvalue weighted by molar-refractivity contribution is -0.157. The Hall–Kier alpha value is -1.07. The highest BCUT2D eigenvalue weighted by Gasteiger charge is 2.46. The van der Waals surface area contributed by atoms with E-state index in [-0.39, 0.29) is 6.04 Å². The van der Waals surface area contributed by atoms with Crippen LogP contribution in [0.3, 0.4) is 0 Å². The SMILES string of the molecule is CC1(c2ccccc2)CN(CC(F)(F)F)C(C2CC2)CN1. The molecule has 5 heteroatoms. The highest BCUT2D eigenvalue weighted by molar-refractivity contribution is 5.25. The number of nitrogens with zero attached hydrogens (tertiary/aromatic N) is 1. The Morgan fingerprint density at radius 3 is 2.48 bits per heavy atom. The predicted molar refractivity (Wildman–Crippen MR) is 75.9 cm³/mol. The van der Waals surface area contributed by atoms with Crippen LogP contribution in [0, 0.1) is 5.92 Å². The van der Waals surface area contributed by atoms with Crippen LogP contribution in [0.15, 0.2) is 30.3 Å². The van der Waals surface area contributed by atoms with Crippen LogP contribution < -0.4 is 5.32 Å². The molecule has 0 radical (unpaired) electrons. The molecule has 0 aromatic heterocycles. The van der Waals surface area contributed by atoms with Gasteiger partial charge in [0.2, 0.25) is 0 Å². The molecule has 2 aliphatic rings. The summed E-state index contributed by atoms with van der Waals surface area (Å²) in [5.74, 6) is 0.431. The molecule has 0 amide bonds. The summed E-state index contributed by atoms with van der Waals surface area (Å²) in [6.45, 7) is 2.22. The summed E-state index contributed by atoms with van der Waals surface area (Å²) >= 11 is 0. The van der Waals surface area contributed by atoms with Crippen LogP contribution in [0.25, 0.3) is 0 Å². The summed E-state index contributed by atoms with van der Waals surface area (Å²) in [6, 6.07) is 9.78. The fourth-order valence-electron chi connectivity index (χ4n) is 3.39. The zero-order valence-electron chi connectivity index (χ0n) is 12.2. The highest BCUT2D eigenvalue weighted by atomic mass is 19.4. The van der Waals surface area contributed by atoms with Crippen LogP contribution >= 0.6 is 0 Å². The molecule has 0 spiro atoms. The van der Waals surface area contributed by atoms with Crippen molar-refractivity contribution in [3.05, 3.63) is 35.9 Å². The minimum Gasteiger partial charge on any atom is -0.305 e. The van der Waals surface area contributed by atoms with Crippen molar-refractivity contribution in [3.63, 3.8) is 0 Å². The van der Waals surface area contributed by atoms with Crippen LogP contribution in [0.2, 0.25) is 0 Å². The monoisotopic (exact) mass is 298 g/mol. The molecule has 1 saturated carbocycles. The number of hydrogen-bond donors (Lipinski definition) is 1. The number of piperazine rings is 1. The minimum atomic E-state index is -4.14. The van der Waals surface area contributed by atoms with Crippen molar-refractivity contribution in [2.75, 3.05) is 19.6 Å². The summed E-state index contributed by atoms with van der Waals surface area (Å²) < 4.78 is 38.7. The van der Waals surface area contributed by atoms with E-state index < -0.39 is 18.3 Å². The van der Waals surface area contributed by atoms with E-state index in [4.69, 9.17) is 0 Å². The summed E-state index contributed by atoms with van der Waals surface area (Å²) in [7, 11) is 0. The molecule has 0 bridgehead atoms. The Kier molecular flexibility index (Phi) is 3.74. The maximum Gasteiger partial charge on any atom is 0.401 e. The number of nitrogens with one attached hydrogen (secondary N) is 1. The van der Waals surface area contributed by atoms with Gasteiger partial charge in [-0.2, -0.15) is 13.2 Å². The van der Waals surface area contributed by atoms with Gasteiger partial charge in [-0.3, -0.25) is 4.90 Å². The molecular formula is C16H21F3N2. The van der Waals surface area contributed by atoms with Gasteiger partial charge in [0.1, 0.15) is 0 Å². The standard InChI is InChI=1S/C16H21F3N2/c1-15(13-5-3-2-4-6-13)10-21(11-16(17,18)19)14(9-20-15)12-7-8-12/h2-6,12,14,20H,7-11H2,1H3. The second-order valence-corrected chi connectivity index (χ2v) is 6.50. The van der Waals surface area contributed by atoms with Gasteiger partial charge in [-0.1, -0.05) is 30.3 Å². The Morgan fingerprint density at radius 2 is 1.90 bits per heavy atom. The van der Waals surface area contributed by atoms with Gasteiger partial charge in [0, 0.05) is 19.1 Å². The van der Waals surface area contributed by atoms with E-state index in [1.807, 2.05) is 37.3 Å². The van der Waals surface area contributed by atoms with Crippen LogP contribution in [0.1, 0.15) is 25.3 Å². The average molecular weight is 298 g/mol. The lowest BCUT2D eigenvalue weighted by atomic mass is 9.87. The van der Waals surface area contributed by atoms with Gasteiger partial charge < -0.3 is 5.32 Å². The second kappa shape index (κ2) is 5.29. The molecular weight excluding hydrogens is 277 g/mol. The molecule has 1 saturated heterocycles. The molecule has 1 aliphatic heterocycles. The zero-order valence-corrected chi connectivity index (χ0v) is 12.2. The van der Waals surface area contributed by atoms with Crippen molar-refractivity contribution in [1.29, 1.82) is 0 Å². The van der Waals surface area contributed by atoms with Crippen molar-refractivity contribution < 1.29 is 13.2 Å². The van der Waals surface area contributed by atoms with Crippen LogP contribution in [0.4, 0.5) is 13.2 Å². The van der Waals surface area contributed by atoms with Crippen molar-refractivity contribution in [1.82, 2.24) is 10.2 Å². The maximum absolute atomic E-state index is 12.9. The maximum atomic E-state index is 12.9. The summed E-state index contributed by atoms with van der Waals surface area (Å²) in [5.41, 5.74) is 0.629. The molecule has 116 valence electrons. The highest BCUT2D eigenvalue weighted by Crippen LogP contribution is 2.39. The van der Waals surface area contributed by atoms with Gasteiger partial charge in [0.05, 0.1) is 12.1 Å². The molecule has 1 aromatic carbocycles. The van der Waals surface area contributed by atoms with E-state index in [1.54, 1.807) is 4.90 Å². The molecule has 2 unspecified atom stereocenters. The van der Waals surface area contributed by atoms with Crippen molar-refractivity contribution >= 4 is 0 Å². The molecule has 1 aromatic rings. The average Bonchev–Trinajstić information content (AvgIpc) is 3.22. The van der Waals surface area contributed by atoms with Gasteiger partial charge in [-0.25, -0.2) is 0 Å². The zero-order chi connectivity index (χ0) is 15.1. The van der Waals surface area contributed by atoms with E-state index in [0.717, 1.165) is 18.4 Å². The van der Waals surface area contributed by atoms with Crippen molar-refractivity contribution in [3.8, 4) is 0 Å². The lowest BCUT2D eigenvalue weighted by Gasteiger charge is -2.47. The minimum absolute atomic E-state index is 0.0170. The van der Waals surface area contributed by atoms with Gasteiger partial charge >= 0.3 is 6.18 Å². The number of halogens is 3. The van der Waals surface area contributed by atoms with E-state index in [1.165, 1.54) is 0 Å². The largest absolute Gasteiger partial charge is 0.401 e. The lowest BCUT2D eigenvalue weighted by Crippen LogP contribution is -2.63. The van der Waals surface area contributed by atoms with Gasteiger partial charge in [0.15, 0.2) is 0 Å². The second-order valence-electron chi connectivity index (χ2n) is 6.50. The number of hydrogen-bond acceptors (Lipinski definition) is 2. The first-order chi connectivity index (χ1) is 9.87. The summed E-state index contributed by atoms with van der Waals surface area (Å²) in [5, 5.41) is 3.49. The Bertz CT molecular complexity index is 484. The summed E-state index contributed by atoms with van der Waals surface area (Å²) in [6.07, 6.45) is -2.02. The molecule has 3 rings (SSSR count). The van der Waals surface area contributed by atoms with Crippen LogP contribution in [-0.2, 0) is 5.54 Å². The third-order valence-corrected chi connectivity index (χ3v) is 4.65. The van der Waals surface area contributed by atoms with E-state index in [2.05, 4.69) is 5.32 Å². The third kappa shape index (κ3) is 3.40. The molecule has 2 atom stereocenters. The van der Waals surface area contributed by atoms with Crippen molar-refractivity contribution in [2.45, 2.75) is 37.5 Å². The van der Waals surface area contributed by atoms with E-state index in [0.29, 0.717) is 19.0 Å². The van der Waals surface area contributed by atoms with Gasteiger partial charge in [0.25, 0.3) is 0 Å². The first-order valence-corrected chi connectivity index (χ1v) is 7.49. The Labute approximate surface area is 123 Å². The smallest absolute Gasteiger partial charge is 0.305 e. The third-order valence-electron chi connectivity index (χ3n) is 4.65. The van der Waals surface area contributed by atoms with Gasteiger partial charge in [-0.05, 0) is 31.2 Å². The fraction of sp³-hybridized carbons (Fsp3) is 0.625. The number of rotatable bonds is 3. The van der Waals surface area contributed by atoms with Crippen LogP contribution in [0.5, 0.6) is 0 Å². The molecule has 2 fully saturated rings.